The highest BCUT2D eigenvalue weighted by Gasteiger charge is 2.18. The Morgan fingerprint density at radius 3 is 2.91 bits per heavy atom. The molecule has 0 aliphatic carbocycles. The number of hydrogen-bond acceptors (Lipinski definition) is 7. The van der Waals surface area contributed by atoms with Crippen molar-refractivity contribution < 1.29 is 14.6 Å². The molecule has 0 aromatic carbocycles. The molecule has 0 saturated heterocycles. The van der Waals surface area contributed by atoms with Crippen molar-refractivity contribution in [3.8, 4) is 0 Å². The number of thiazole rings is 1. The molecule has 0 radical (unpaired) electrons. The molecule has 0 aliphatic heterocycles. The Morgan fingerprint density at radius 2 is 2.36 bits per heavy atom. The number of nitrogens with two attached hydrogens (primary N) is 1. The third-order valence-corrected chi connectivity index (χ3v) is 3.21. The van der Waals surface area contributed by atoms with Gasteiger partial charge in [0.1, 0.15) is 0 Å². The fraction of sp³-hybridized carbons (Fsp3) is 0.500. The molecule has 0 bridgehead atoms. The van der Waals surface area contributed by atoms with E-state index in [1.807, 2.05) is 0 Å². The largest absolute Gasteiger partial charge is 0.355 e. The minimum Gasteiger partial charge on any atom is -0.349 e. The second-order valence-electron chi connectivity index (χ2n) is 4.36. The third kappa shape index (κ3) is 6.69. The van der Waals surface area contributed by atoms with Crippen LogP contribution in [0.5, 0.6) is 0 Å². The lowest BCUT2D eigenvalue weighted by atomic mass is 10.0. The van der Waals surface area contributed by atoms with Crippen molar-refractivity contribution in [3.05, 3.63) is 21.7 Å². The van der Waals surface area contributed by atoms with Crippen LogP contribution in [0.1, 0.15) is 19.8 Å². The summed E-state index contributed by atoms with van der Waals surface area (Å²) in [6.07, 6.45) is 2.16. The van der Waals surface area contributed by atoms with Gasteiger partial charge in [0, 0.05) is 18.0 Å². The van der Waals surface area contributed by atoms with E-state index in [2.05, 4.69) is 20.7 Å². The second kappa shape index (κ2) is 8.61. The molecule has 1 aromatic rings. The Hall–Kier alpha value is -2.63. The van der Waals surface area contributed by atoms with Crippen molar-refractivity contribution in [1.29, 1.82) is 0 Å². The molecule has 0 saturated carbocycles. The molecule has 120 valence electrons. The lowest BCUT2D eigenvalue weighted by Gasteiger charge is -2.12. The summed E-state index contributed by atoms with van der Waals surface area (Å²) >= 11 is 1.31. The van der Waals surface area contributed by atoms with Crippen LogP contribution in [0.2, 0.25) is 0 Å². The van der Waals surface area contributed by atoms with E-state index >= 15 is 0 Å². The first kappa shape index (κ1) is 17.4. The number of hydrogen-bond donors (Lipinski definition) is 2. The fourth-order valence-corrected chi connectivity index (χ4v) is 2.04. The Kier molecular flexibility index (Phi) is 6.82. The summed E-state index contributed by atoms with van der Waals surface area (Å²) in [4.78, 5) is 36.8. The van der Waals surface area contributed by atoms with E-state index in [1.165, 1.54) is 11.3 Å². The van der Waals surface area contributed by atoms with Crippen molar-refractivity contribution in [2.75, 3.05) is 11.9 Å². The van der Waals surface area contributed by atoms with Crippen LogP contribution in [-0.2, 0) is 4.79 Å². The highest BCUT2D eigenvalue weighted by Crippen LogP contribution is 2.14. The summed E-state index contributed by atoms with van der Waals surface area (Å²) in [7, 11) is 0. The first-order chi connectivity index (χ1) is 10.4. The summed E-state index contributed by atoms with van der Waals surface area (Å²) in [5, 5.41) is 20.3. The van der Waals surface area contributed by atoms with Gasteiger partial charge in [0.05, 0.1) is 11.6 Å². The number of urea groups is 1. The zero-order valence-electron chi connectivity index (χ0n) is 11.7. The molecule has 3 N–H and O–H groups in total. The molecule has 3 amide bonds. The highest BCUT2D eigenvalue weighted by atomic mass is 32.1. The summed E-state index contributed by atoms with van der Waals surface area (Å²) in [5.41, 5.74) is 5.03. The third-order valence-electron chi connectivity index (χ3n) is 2.52. The lowest BCUT2D eigenvalue weighted by Crippen LogP contribution is -2.33. The fourth-order valence-electron chi connectivity index (χ4n) is 1.50. The SMILES string of the molecule is C[C@@H](CCN(N=N[N+](=O)[O-])C(N)=O)CC(=O)Nc1nccs1. The van der Waals surface area contributed by atoms with Crippen LogP contribution in [0.15, 0.2) is 22.0 Å². The van der Waals surface area contributed by atoms with Crippen LogP contribution in [0.25, 0.3) is 0 Å². The van der Waals surface area contributed by atoms with E-state index in [-0.39, 0.29) is 24.8 Å². The van der Waals surface area contributed by atoms with E-state index in [0.29, 0.717) is 16.6 Å². The predicted molar refractivity (Wildman–Crippen MR) is 77.3 cm³/mol. The summed E-state index contributed by atoms with van der Waals surface area (Å²) in [5.74, 6) is -0.299. The van der Waals surface area contributed by atoms with Gasteiger partial charge >= 0.3 is 6.03 Å². The normalized spacial score (nSPS) is 12.0. The van der Waals surface area contributed by atoms with Crippen LogP contribution >= 0.6 is 11.3 Å². The number of amides is 3. The van der Waals surface area contributed by atoms with Gasteiger partial charge in [-0.15, -0.1) is 11.3 Å². The maximum atomic E-state index is 11.7. The second-order valence-corrected chi connectivity index (χ2v) is 5.26. The van der Waals surface area contributed by atoms with Gasteiger partial charge in [0.2, 0.25) is 11.1 Å². The van der Waals surface area contributed by atoms with Crippen molar-refractivity contribution in [1.82, 2.24) is 9.99 Å². The summed E-state index contributed by atoms with van der Waals surface area (Å²) in [6.45, 7) is 1.82. The van der Waals surface area contributed by atoms with Crippen LogP contribution < -0.4 is 11.1 Å². The molecular weight excluding hydrogens is 314 g/mol. The zero-order valence-corrected chi connectivity index (χ0v) is 12.5. The predicted octanol–water partition coefficient (Wildman–Crippen LogP) is 1.44. The first-order valence-corrected chi connectivity index (χ1v) is 7.08. The number of aromatic nitrogens is 1. The minimum atomic E-state index is -1.04. The Morgan fingerprint density at radius 1 is 1.64 bits per heavy atom. The van der Waals surface area contributed by atoms with Gasteiger partial charge in [0.15, 0.2) is 10.4 Å². The molecule has 0 spiro atoms. The molecule has 1 heterocycles. The molecule has 1 aromatic heterocycles. The van der Waals surface area contributed by atoms with Gasteiger partial charge in [-0.1, -0.05) is 11.9 Å². The first-order valence-electron chi connectivity index (χ1n) is 6.20. The van der Waals surface area contributed by atoms with E-state index in [4.69, 9.17) is 5.73 Å². The van der Waals surface area contributed by atoms with E-state index in [1.54, 1.807) is 18.5 Å². The van der Waals surface area contributed by atoms with Gasteiger partial charge in [0.25, 0.3) is 0 Å². The van der Waals surface area contributed by atoms with Crippen LogP contribution in [0.4, 0.5) is 9.93 Å². The average Bonchev–Trinajstić information content (AvgIpc) is 2.90. The van der Waals surface area contributed by atoms with Gasteiger partial charge in [-0.2, -0.15) is 0 Å². The number of nitrogens with zero attached hydrogens (tertiary/aromatic N) is 5. The minimum absolute atomic E-state index is 0.0262. The number of carbonyl (C=O) groups is 2. The molecule has 12 heteroatoms. The molecule has 1 rings (SSSR count). The topological polar surface area (TPSA) is 156 Å². The van der Waals surface area contributed by atoms with Crippen molar-refractivity contribution >= 4 is 28.4 Å². The molecular formula is C10H15N7O4S. The molecule has 0 unspecified atom stereocenters. The van der Waals surface area contributed by atoms with Crippen LogP contribution in [-0.4, -0.2) is 33.5 Å². The molecule has 0 aliphatic rings. The Balaban J connectivity index is 2.39. The molecule has 11 nitrogen and oxygen atoms in total. The monoisotopic (exact) mass is 329 g/mol. The maximum absolute atomic E-state index is 11.7. The molecule has 1 atom stereocenters. The van der Waals surface area contributed by atoms with Crippen LogP contribution in [0, 0.1) is 16.0 Å². The van der Waals surface area contributed by atoms with Crippen molar-refractivity contribution in [2.45, 2.75) is 19.8 Å². The highest BCUT2D eigenvalue weighted by molar-refractivity contribution is 7.13. The molecule has 22 heavy (non-hydrogen) atoms. The number of carbonyl (C=O) groups excluding carboxylic acids is 2. The summed E-state index contributed by atoms with van der Waals surface area (Å²) in [6, 6.07) is -0.954. The number of nitro groups is 1. The average molecular weight is 329 g/mol. The van der Waals surface area contributed by atoms with Crippen molar-refractivity contribution in [2.24, 2.45) is 22.1 Å². The lowest BCUT2D eigenvalue weighted by molar-refractivity contribution is -0.496. The number of anilines is 1. The zero-order chi connectivity index (χ0) is 16.5. The summed E-state index contributed by atoms with van der Waals surface area (Å²) < 4.78 is 0. The van der Waals surface area contributed by atoms with Gasteiger partial charge in [-0.25, -0.2) is 9.78 Å². The van der Waals surface area contributed by atoms with Gasteiger partial charge in [-0.3, -0.25) is 4.79 Å². The standard InChI is InChI=1S/C10H15N7O4S/c1-7(6-8(18)13-10-12-3-5-22-10)2-4-16(9(11)19)14-15-17(20)21/h3,5,7H,2,4,6H2,1H3,(H2,11,19)(H,12,13,18)/t7-/m0/s1. The number of rotatable bonds is 8. The van der Waals surface area contributed by atoms with E-state index in [9.17, 15) is 19.7 Å². The Labute approximate surface area is 129 Å². The van der Waals surface area contributed by atoms with E-state index in [0.717, 1.165) is 0 Å². The number of primary amides is 1. The Bertz CT molecular complexity index is 547. The number of nitrogens with one attached hydrogen (secondary N) is 1. The quantitative estimate of drug-likeness (QED) is 0.419. The van der Waals surface area contributed by atoms with Gasteiger partial charge in [-0.05, 0) is 12.3 Å². The van der Waals surface area contributed by atoms with Crippen LogP contribution in [0.3, 0.4) is 0 Å². The molecule has 0 fully saturated rings. The maximum Gasteiger partial charge on any atom is 0.355 e. The smallest absolute Gasteiger partial charge is 0.349 e. The van der Waals surface area contributed by atoms with Gasteiger partial charge < -0.3 is 21.2 Å². The van der Waals surface area contributed by atoms with E-state index < -0.39 is 11.1 Å². The van der Waals surface area contributed by atoms with Crippen molar-refractivity contribution in [3.63, 3.8) is 0 Å².